The molecule has 6 heteroatoms. The fraction of sp³-hybridized carbons (Fsp3) is 0.0769. The molecule has 0 fully saturated rings. The first-order valence-electron chi connectivity index (χ1n) is 5.43. The zero-order chi connectivity index (χ0) is 13.7. The number of H-pyrrole nitrogens is 1. The Hall–Kier alpha value is -1.78. The van der Waals surface area contributed by atoms with Gasteiger partial charge in [-0.1, -0.05) is 23.2 Å². The molecule has 0 saturated carbocycles. The predicted molar refractivity (Wildman–Crippen MR) is 75.4 cm³/mol. The van der Waals surface area contributed by atoms with Crippen molar-refractivity contribution in [2.75, 3.05) is 0 Å². The molecule has 0 saturated heterocycles. The van der Waals surface area contributed by atoms with E-state index in [1.807, 2.05) is 0 Å². The minimum atomic E-state index is -0.715. The molecule has 1 aromatic carbocycles. The van der Waals surface area contributed by atoms with Crippen molar-refractivity contribution >= 4 is 45.1 Å². The number of rotatable bonds is 0. The number of hydrogen-bond acceptors (Lipinski definition) is 3. The molecule has 0 aliphatic carbocycles. The van der Waals surface area contributed by atoms with Crippen LogP contribution in [0.2, 0.25) is 10.0 Å². The largest absolute Gasteiger partial charge is 0.420 e. The SMILES string of the molecule is Cc1cc(=O)c2c(=O)oc3c(Cl)cc(Cl)cc3c2[nH]1. The quantitative estimate of drug-likeness (QED) is 0.511. The Kier molecular flexibility index (Phi) is 2.66. The highest BCUT2D eigenvalue weighted by Gasteiger charge is 2.14. The van der Waals surface area contributed by atoms with Gasteiger partial charge in [-0.25, -0.2) is 4.79 Å². The first-order chi connectivity index (χ1) is 8.97. The number of fused-ring (bicyclic) bond motifs is 3. The highest BCUT2D eigenvalue weighted by Crippen LogP contribution is 2.30. The Labute approximate surface area is 116 Å². The van der Waals surface area contributed by atoms with Gasteiger partial charge < -0.3 is 9.40 Å². The average Bonchev–Trinajstić information content (AvgIpc) is 2.30. The molecule has 0 aliphatic rings. The van der Waals surface area contributed by atoms with Gasteiger partial charge in [-0.2, -0.15) is 0 Å². The maximum Gasteiger partial charge on any atom is 0.349 e. The molecule has 4 nitrogen and oxygen atoms in total. The lowest BCUT2D eigenvalue weighted by molar-refractivity contribution is 0.569. The molecule has 0 radical (unpaired) electrons. The minimum Gasteiger partial charge on any atom is -0.420 e. The molecule has 0 aliphatic heterocycles. The van der Waals surface area contributed by atoms with Crippen molar-refractivity contribution in [1.82, 2.24) is 4.98 Å². The summed E-state index contributed by atoms with van der Waals surface area (Å²) in [5.41, 5.74) is 0.136. The highest BCUT2D eigenvalue weighted by molar-refractivity contribution is 6.38. The van der Waals surface area contributed by atoms with Gasteiger partial charge in [0.05, 0.1) is 10.5 Å². The lowest BCUT2D eigenvalue weighted by Gasteiger charge is -2.05. The number of pyridine rings is 1. The maximum absolute atomic E-state index is 11.9. The zero-order valence-corrected chi connectivity index (χ0v) is 11.2. The van der Waals surface area contributed by atoms with Crippen molar-refractivity contribution in [3.05, 3.63) is 54.6 Å². The molecule has 0 bridgehead atoms. The van der Waals surface area contributed by atoms with E-state index in [1.165, 1.54) is 12.1 Å². The lowest BCUT2D eigenvalue weighted by Crippen LogP contribution is -2.14. The lowest BCUT2D eigenvalue weighted by atomic mass is 10.1. The van der Waals surface area contributed by atoms with Crippen molar-refractivity contribution < 1.29 is 4.42 Å². The molecule has 19 heavy (non-hydrogen) atoms. The summed E-state index contributed by atoms with van der Waals surface area (Å²) in [4.78, 5) is 26.8. The normalized spacial score (nSPS) is 11.3. The molecule has 3 rings (SSSR count). The van der Waals surface area contributed by atoms with Crippen LogP contribution in [0.3, 0.4) is 0 Å². The molecule has 96 valence electrons. The van der Waals surface area contributed by atoms with Crippen LogP contribution in [0.4, 0.5) is 0 Å². The van der Waals surface area contributed by atoms with Gasteiger partial charge in [-0.3, -0.25) is 4.79 Å². The van der Waals surface area contributed by atoms with Gasteiger partial charge in [0.2, 0.25) is 0 Å². The van der Waals surface area contributed by atoms with E-state index in [9.17, 15) is 9.59 Å². The fourth-order valence-electron chi connectivity index (χ4n) is 2.09. The highest BCUT2D eigenvalue weighted by atomic mass is 35.5. The third kappa shape index (κ3) is 1.84. The first kappa shape index (κ1) is 12.3. The molecule has 2 aromatic heterocycles. The molecule has 0 spiro atoms. The van der Waals surface area contributed by atoms with E-state index in [-0.39, 0.29) is 16.0 Å². The van der Waals surface area contributed by atoms with Crippen molar-refractivity contribution in [3.8, 4) is 0 Å². The van der Waals surface area contributed by atoms with E-state index in [0.717, 1.165) is 0 Å². The van der Waals surface area contributed by atoms with Crippen LogP contribution in [0.5, 0.6) is 0 Å². The van der Waals surface area contributed by atoms with E-state index >= 15 is 0 Å². The summed E-state index contributed by atoms with van der Waals surface area (Å²) in [6.45, 7) is 1.73. The summed E-state index contributed by atoms with van der Waals surface area (Å²) >= 11 is 12.0. The van der Waals surface area contributed by atoms with Crippen molar-refractivity contribution in [1.29, 1.82) is 0 Å². The van der Waals surface area contributed by atoms with Gasteiger partial charge in [0.15, 0.2) is 11.0 Å². The number of aromatic amines is 1. The number of benzene rings is 1. The number of aryl methyl sites for hydroxylation is 1. The topological polar surface area (TPSA) is 63.1 Å². The monoisotopic (exact) mass is 295 g/mol. The van der Waals surface area contributed by atoms with E-state index in [2.05, 4.69) is 4.98 Å². The summed E-state index contributed by atoms with van der Waals surface area (Å²) in [5, 5.41) is 1.10. The Bertz CT molecular complexity index is 940. The van der Waals surface area contributed by atoms with E-state index in [1.54, 1.807) is 13.0 Å². The summed E-state index contributed by atoms with van der Waals surface area (Å²) in [6.07, 6.45) is 0. The number of nitrogens with one attached hydrogen (secondary N) is 1. The number of hydrogen-bond donors (Lipinski definition) is 1. The van der Waals surface area contributed by atoms with Gasteiger partial charge in [0.25, 0.3) is 0 Å². The van der Waals surface area contributed by atoms with Crippen molar-refractivity contribution in [3.63, 3.8) is 0 Å². The Balaban J connectivity index is 2.74. The summed E-state index contributed by atoms with van der Waals surface area (Å²) < 4.78 is 5.12. The van der Waals surface area contributed by atoms with Crippen LogP contribution in [-0.2, 0) is 0 Å². The zero-order valence-electron chi connectivity index (χ0n) is 9.71. The molecule has 1 N–H and O–H groups in total. The Morgan fingerprint density at radius 2 is 1.89 bits per heavy atom. The van der Waals surface area contributed by atoms with Gasteiger partial charge in [0, 0.05) is 22.2 Å². The van der Waals surface area contributed by atoms with Crippen LogP contribution in [-0.4, -0.2) is 4.98 Å². The third-order valence-corrected chi connectivity index (χ3v) is 3.34. The number of aromatic nitrogens is 1. The van der Waals surface area contributed by atoms with Crippen LogP contribution in [0, 0.1) is 6.92 Å². The second kappa shape index (κ2) is 4.11. The van der Waals surface area contributed by atoms with E-state index in [4.69, 9.17) is 27.6 Å². The molecular weight excluding hydrogens is 289 g/mol. The molecule has 2 heterocycles. The molecule has 0 amide bonds. The molecular formula is C13H7Cl2NO3. The van der Waals surface area contributed by atoms with Gasteiger partial charge >= 0.3 is 5.63 Å². The smallest absolute Gasteiger partial charge is 0.349 e. The summed E-state index contributed by atoms with van der Waals surface area (Å²) in [7, 11) is 0. The number of halogens is 2. The van der Waals surface area contributed by atoms with Crippen LogP contribution in [0.15, 0.2) is 32.2 Å². The second-order valence-corrected chi connectivity index (χ2v) is 5.06. The van der Waals surface area contributed by atoms with Crippen LogP contribution < -0.4 is 11.1 Å². The van der Waals surface area contributed by atoms with Crippen molar-refractivity contribution in [2.24, 2.45) is 0 Å². The summed E-state index contributed by atoms with van der Waals surface area (Å²) in [5.74, 6) is 0. The average molecular weight is 296 g/mol. The maximum atomic E-state index is 11.9. The summed E-state index contributed by atoms with van der Waals surface area (Å²) in [6, 6.07) is 4.43. The molecule has 0 unspecified atom stereocenters. The molecule has 0 atom stereocenters. The van der Waals surface area contributed by atoms with E-state index in [0.29, 0.717) is 21.6 Å². The second-order valence-electron chi connectivity index (χ2n) is 4.22. The van der Waals surface area contributed by atoms with Crippen LogP contribution in [0.1, 0.15) is 5.69 Å². The fourth-order valence-corrected chi connectivity index (χ4v) is 2.62. The Morgan fingerprint density at radius 1 is 1.16 bits per heavy atom. The standard InChI is InChI=1S/C13H7Cl2NO3/c1-5-2-9(17)10-11(16-5)7-3-6(14)4-8(15)12(7)19-13(10)18/h2-4H,1H3,(H,16,17). The third-order valence-electron chi connectivity index (χ3n) is 2.84. The predicted octanol–water partition coefficient (Wildman–Crippen LogP) is 3.25. The first-order valence-corrected chi connectivity index (χ1v) is 6.18. The van der Waals surface area contributed by atoms with Gasteiger partial charge in [-0.05, 0) is 19.1 Å². The minimum absolute atomic E-state index is 0.0311. The van der Waals surface area contributed by atoms with Gasteiger partial charge in [0.1, 0.15) is 5.39 Å². The van der Waals surface area contributed by atoms with Crippen LogP contribution in [0.25, 0.3) is 21.9 Å². The Morgan fingerprint density at radius 3 is 2.63 bits per heavy atom. The van der Waals surface area contributed by atoms with Crippen LogP contribution >= 0.6 is 23.2 Å². The van der Waals surface area contributed by atoms with Gasteiger partial charge in [-0.15, -0.1) is 0 Å². The van der Waals surface area contributed by atoms with Crippen molar-refractivity contribution in [2.45, 2.75) is 6.92 Å². The molecule has 3 aromatic rings. The van der Waals surface area contributed by atoms with E-state index < -0.39 is 11.1 Å².